The quantitative estimate of drug-likeness (QED) is 0.770. The number of nitrogens with zero attached hydrogens (tertiary/aromatic N) is 1. The number of carbonyl (C=O) groups excluding carboxylic acids is 2. The van der Waals surface area contributed by atoms with Gasteiger partial charge < -0.3 is 9.64 Å². The van der Waals surface area contributed by atoms with Crippen molar-refractivity contribution in [3.05, 3.63) is 35.4 Å². The number of likely N-dealkylation sites (N-methyl/N-ethyl adjacent to an activating group) is 1. The van der Waals surface area contributed by atoms with E-state index in [1.54, 1.807) is 6.92 Å². The first kappa shape index (κ1) is 14.1. The lowest BCUT2D eigenvalue weighted by molar-refractivity contribution is -0.141. The molecule has 4 nitrogen and oxygen atoms in total. The number of ether oxygens (including phenoxy) is 1. The number of esters is 1. The second-order valence-electron chi connectivity index (χ2n) is 3.52. The first-order valence-corrected chi connectivity index (χ1v) is 5.30. The molecule has 98 valence electrons. The lowest BCUT2D eigenvalue weighted by atomic mass is 10.2. The summed E-state index contributed by atoms with van der Waals surface area (Å²) in [5.74, 6) is -3.26. The molecule has 0 fully saturated rings. The van der Waals surface area contributed by atoms with E-state index in [2.05, 4.69) is 4.74 Å². The molecular weight excluding hydrogens is 244 g/mol. The van der Waals surface area contributed by atoms with Gasteiger partial charge in [0.2, 0.25) is 0 Å². The van der Waals surface area contributed by atoms with Gasteiger partial charge in [-0.05, 0) is 25.1 Å². The Kier molecular flexibility index (Phi) is 4.76. The fourth-order valence-corrected chi connectivity index (χ4v) is 1.36. The molecule has 0 aromatic heterocycles. The van der Waals surface area contributed by atoms with Crippen LogP contribution >= 0.6 is 0 Å². The number of amides is 1. The molecule has 0 aliphatic carbocycles. The van der Waals surface area contributed by atoms with Crippen molar-refractivity contribution in [3.63, 3.8) is 0 Å². The fraction of sp³-hybridized carbons (Fsp3) is 0.333. The van der Waals surface area contributed by atoms with E-state index in [9.17, 15) is 18.4 Å². The zero-order valence-corrected chi connectivity index (χ0v) is 10.1. The van der Waals surface area contributed by atoms with E-state index in [0.717, 1.165) is 12.1 Å². The molecule has 0 atom stereocenters. The average molecular weight is 257 g/mol. The highest BCUT2D eigenvalue weighted by molar-refractivity contribution is 5.95. The van der Waals surface area contributed by atoms with Crippen LogP contribution in [0.4, 0.5) is 8.78 Å². The predicted molar refractivity (Wildman–Crippen MR) is 60.0 cm³/mol. The first-order chi connectivity index (χ1) is 8.49. The van der Waals surface area contributed by atoms with Gasteiger partial charge in [-0.1, -0.05) is 0 Å². The molecule has 6 heteroatoms. The summed E-state index contributed by atoms with van der Waals surface area (Å²) in [5, 5.41) is 0. The minimum atomic E-state index is -1.10. The van der Waals surface area contributed by atoms with E-state index in [-0.39, 0.29) is 18.7 Å². The van der Waals surface area contributed by atoms with E-state index in [1.807, 2.05) is 0 Å². The van der Waals surface area contributed by atoms with Crippen molar-refractivity contribution in [1.29, 1.82) is 0 Å². The normalized spacial score (nSPS) is 10.0. The summed E-state index contributed by atoms with van der Waals surface area (Å²) in [6.07, 6.45) is 0. The van der Waals surface area contributed by atoms with Crippen LogP contribution in [0.3, 0.4) is 0 Å². The van der Waals surface area contributed by atoms with Crippen molar-refractivity contribution < 1.29 is 23.1 Å². The summed E-state index contributed by atoms with van der Waals surface area (Å²) in [4.78, 5) is 24.2. The minimum Gasteiger partial charge on any atom is -0.468 e. The van der Waals surface area contributed by atoms with Crippen LogP contribution in [0.25, 0.3) is 0 Å². The maximum Gasteiger partial charge on any atom is 0.325 e. The molecular formula is C12H13F2NO3. The maximum atomic E-state index is 13.0. The summed E-state index contributed by atoms with van der Waals surface area (Å²) >= 11 is 0. The topological polar surface area (TPSA) is 46.6 Å². The summed E-state index contributed by atoms with van der Waals surface area (Å²) in [6, 6.07) is 2.84. The van der Waals surface area contributed by atoms with Crippen LogP contribution in [0.1, 0.15) is 17.3 Å². The number of hydrogen-bond acceptors (Lipinski definition) is 3. The Balaban J connectivity index is 2.89. The lowest BCUT2D eigenvalue weighted by Crippen LogP contribution is -2.36. The molecule has 1 aromatic rings. The summed E-state index contributed by atoms with van der Waals surface area (Å²) in [7, 11) is 1.21. The van der Waals surface area contributed by atoms with E-state index >= 15 is 0 Å². The van der Waals surface area contributed by atoms with Crippen LogP contribution in [0.5, 0.6) is 0 Å². The first-order valence-electron chi connectivity index (χ1n) is 5.30. The van der Waals surface area contributed by atoms with Gasteiger partial charge in [0.15, 0.2) is 11.6 Å². The molecule has 1 rings (SSSR count). The highest BCUT2D eigenvalue weighted by atomic mass is 19.2. The fourth-order valence-electron chi connectivity index (χ4n) is 1.36. The summed E-state index contributed by atoms with van der Waals surface area (Å²) < 4.78 is 30.2. The molecule has 1 amide bonds. The van der Waals surface area contributed by atoms with Gasteiger partial charge in [0, 0.05) is 12.1 Å². The molecule has 0 bridgehead atoms. The molecule has 0 radical (unpaired) electrons. The van der Waals surface area contributed by atoms with Gasteiger partial charge in [-0.15, -0.1) is 0 Å². The van der Waals surface area contributed by atoms with E-state index < -0.39 is 23.5 Å². The summed E-state index contributed by atoms with van der Waals surface area (Å²) in [6.45, 7) is 1.69. The van der Waals surface area contributed by atoms with Gasteiger partial charge in [-0.3, -0.25) is 9.59 Å². The van der Waals surface area contributed by atoms with Crippen LogP contribution in [0.2, 0.25) is 0 Å². The number of halogens is 2. The van der Waals surface area contributed by atoms with E-state index in [1.165, 1.54) is 18.1 Å². The Morgan fingerprint density at radius 1 is 1.28 bits per heavy atom. The Morgan fingerprint density at radius 3 is 2.44 bits per heavy atom. The number of methoxy groups -OCH3 is 1. The Labute approximate surface area is 103 Å². The van der Waals surface area contributed by atoms with E-state index in [4.69, 9.17) is 0 Å². The average Bonchev–Trinajstić information content (AvgIpc) is 2.38. The monoisotopic (exact) mass is 257 g/mol. The third kappa shape index (κ3) is 3.26. The van der Waals surface area contributed by atoms with Gasteiger partial charge in [0.25, 0.3) is 5.91 Å². The Morgan fingerprint density at radius 2 is 1.94 bits per heavy atom. The summed E-state index contributed by atoms with van der Waals surface area (Å²) in [5.41, 5.74) is -0.0142. The van der Waals surface area contributed by atoms with Crippen LogP contribution < -0.4 is 0 Å². The Bertz CT molecular complexity index is 463. The van der Waals surface area contributed by atoms with Crippen molar-refractivity contribution in [2.45, 2.75) is 6.92 Å². The van der Waals surface area contributed by atoms with Crippen LogP contribution in [-0.2, 0) is 9.53 Å². The van der Waals surface area contributed by atoms with Gasteiger partial charge >= 0.3 is 5.97 Å². The van der Waals surface area contributed by atoms with E-state index in [0.29, 0.717) is 0 Å². The molecule has 0 heterocycles. The molecule has 0 spiro atoms. The van der Waals surface area contributed by atoms with Crippen LogP contribution in [0, 0.1) is 11.6 Å². The third-order valence-electron chi connectivity index (χ3n) is 2.38. The van der Waals surface area contributed by atoms with Crippen LogP contribution in [0.15, 0.2) is 18.2 Å². The predicted octanol–water partition coefficient (Wildman–Crippen LogP) is 1.60. The highest BCUT2D eigenvalue weighted by Crippen LogP contribution is 2.11. The SMILES string of the molecule is CCN(CC(=O)OC)C(=O)c1ccc(F)c(F)c1. The van der Waals surface area contributed by atoms with Crippen molar-refractivity contribution in [2.24, 2.45) is 0 Å². The molecule has 0 N–H and O–H groups in total. The standard InChI is InChI=1S/C12H13F2NO3/c1-3-15(7-11(16)18-2)12(17)8-4-5-9(13)10(14)6-8/h4-6H,3,7H2,1-2H3. The van der Waals surface area contributed by atoms with Crippen molar-refractivity contribution in [1.82, 2.24) is 4.90 Å². The third-order valence-corrected chi connectivity index (χ3v) is 2.38. The van der Waals surface area contributed by atoms with Crippen molar-refractivity contribution in [3.8, 4) is 0 Å². The van der Waals surface area contributed by atoms with Gasteiger partial charge in [0.1, 0.15) is 6.54 Å². The van der Waals surface area contributed by atoms with Gasteiger partial charge in [-0.2, -0.15) is 0 Å². The molecule has 0 unspecified atom stereocenters. The smallest absolute Gasteiger partial charge is 0.325 e. The Hall–Kier alpha value is -1.98. The number of carbonyl (C=O) groups is 2. The largest absolute Gasteiger partial charge is 0.468 e. The number of hydrogen-bond donors (Lipinski definition) is 0. The maximum absolute atomic E-state index is 13.0. The lowest BCUT2D eigenvalue weighted by Gasteiger charge is -2.19. The molecule has 0 aliphatic rings. The zero-order chi connectivity index (χ0) is 13.7. The second kappa shape index (κ2) is 6.09. The number of benzene rings is 1. The van der Waals surface area contributed by atoms with Gasteiger partial charge in [0.05, 0.1) is 7.11 Å². The second-order valence-corrected chi connectivity index (χ2v) is 3.52. The molecule has 0 saturated carbocycles. The molecule has 18 heavy (non-hydrogen) atoms. The zero-order valence-electron chi connectivity index (χ0n) is 10.1. The van der Waals surface area contributed by atoms with Crippen molar-refractivity contribution in [2.75, 3.05) is 20.2 Å². The van der Waals surface area contributed by atoms with Crippen LogP contribution in [-0.4, -0.2) is 37.0 Å². The van der Waals surface area contributed by atoms with Gasteiger partial charge in [-0.25, -0.2) is 8.78 Å². The molecule has 0 saturated heterocycles. The van der Waals surface area contributed by atoms with Crippen molar-refractivity contribution >= 4 is 11.9 Å². The molecule has 0 aliphatic heterocycles. The number of rotatable bonds is 4. The molecule has 1 aromatic carbocycles. The highest BCUT2D eigenvalue weighted by Gasteiger charge is 2.18. The minimum absolute atomic E-state index is 0.0142.